The highest BCUT2D eigenvalue weighted by atomic mass is 19.2. The number of aliphatic hydroxyl groups excluding tert-OH is 1. The number of anilines is 1. The minimum absolute atomic E-state index is 0.0151. The molecular weight excluding hydrogens is 374 g/mol. The summed E-state index contributed by atoms with van der Waals surface area (Å²) in [7, 11) is 1.61. The van der Waals surface area contributed by atoms with Gasteiger partial charge < -0.3 is 9.84 Å². The zero-order valence-electron chi connectivity index (χ0n) is 14.6. The maximum absolute atomic E-state index is 14.7. The molecule has 3 heterocycles. The molecule has 2 aromatic heterocycles. The van der Waals surface area contributed by atoms with Crippen LogP contribution in [0.1, 0.15) is 0 Å². The number of pyridine rings is 1. The van der Waals surface area contributed by atoms with Crippen molar-refractivity contribution < 1.29 is 23.4 Å². The molecule has 9 nitrogen and oxygen atoms in total. The molecule has 1 atom stereocenters. The number of aliphatic hydroxyl groups is 1. The molecule has 0 radical (unpaired) electrons. The van der Waals surface area contributed by atoms with Crippen LogP contribution in [0.3, 0.4) is 0 Å². The fraction of sp³-hybridized carbons (Fsp3) is 0.235. The van der Waals surface area contributed by atoms with Gasteiger partial charge in [0, 0.05) is 17.3 Å². The first-order chi connectivity index (χ1) is 13.5. The third-order valence-electron chi connectivity index (χ3n) is 4.24. The number of amides is 1. The van der Waals surface area contributed by atoms with Crippen LogP contribution in [0.4, 0.5) is 19.3 Å². The molecule has 11 heteroatoms. The van der Waals surface area contributed by atoms with Crippen molar-refractivity contribution in [2.45, 2.75) is 6.10 Å². The molecule has 1 fully saturated rings. The van der Waals surface area contributed by atoms with Crippen molar-refractivity contribution in [3.63, 3.8) is 0 Å². The van der Waals surface area contributed by atoms with Gasteiger partial charge in [-0.05, 0) is 23.4 Å². The van der Waals surface area contributed by atoms with Gasteiger partial charge in [0.15, 0.2) is 11.6 Å². The van der Waals surface area contributed by atoms with Crippen molar-refractivity contribution in [1.82, 2.24) is 25.2 Å². The lowest BCUT2D eigenvalue weighted by Gasteiger charge is -2.15. The Morgan fingerprint density at radius 3 is 2.68 bits per heavy atom. The van der Waals surface area contributed by atoms with Gasteiger partial charge in [-0.15, -0.1) is 10.2 Å². The first-order valence-electron chi connectivity index (χ1n) is 8.25. The maximum atomic E-state index is 14.7. The summed E-state index contributed by atoms with van der Waals surface area (Å²) in [5.74, 6) is -2.00. The Morgan fingerprint density at radius 2 is 2.07 bits per heavy atom. The van der Waals surface area contributed by atoms with E-state index in [-0.39, 0.29) is 17.8 Å². The molecule has 0 saturated carbocycles. The average Bonchev–Trinajstić information content (AvgIpc) is 3.30. The number of halogens is 2. The standard InChI is InChI=1S/C17H14F2N6O3/c1-24-22-16(21-23-24)12-4-2-9(6-20-12)11-3-5-13(15(19)14(11)18)25-7-10(8-26)28-17(25)27/h2-6,10,26H,7-8H2,1H3/t10-/m1/s1. The maximum Gasteiger partial charge on any atom is 0.414 e. The minimum Gasteiger partial charge on any atom is -0.441 e. The molecule has 0 spiro atoms. The molecule has 4 rings (SSSR count). The number of aromatic nitrogens is 5. The first-order valence-corrected chi connectivity index (χ1v) is 8.25. The van der Waals surface area contributed by atoms with Crippen molar-refractivity contribution >= 4 is 11.8 Å². The van der Waals surface area contributed by atoms with Crippen LogP contribution in [0.2, 0.25) is 0 Å². The molecule has 3 aromatic rings. The number of benzene rings is 1. The Labute approximate surface area is 157 Å². The molecule has 28 heavy (non-hydrogen) atoms. The second-order valence-electron chi connectivity index (χ2n) is 6.09. The van der Waals surface area contributed by atoms with E-state index in [1.807, 2.05) is 0 Å². The molecule has 1 saturated heterocycles. The Kier molecular flexibility index (Phi) is 4.43. The monoisotopic (exact) mass is 388 g/mol. The molecule has 1 N–H and O–H groups in total. The summed E-state index contributed by atoms with van der Waals surface area (Å²) in [5, 5.41) is 20.6. The zero-order valence-corrected chi connectivity index (χ0v) is 14.6. The minimum atomic E-state index is -1.19. The van der Waals surface area contributed by atoms with Crippen molar-refractivity contribution in [2.24, 2.45) is 7.05 Å². The molecular formula is C17H14F2N6O3. The third kappa shape index (κ3) is 3.05. The van der Waals surface area contributed by atoms with Gasteiger partial charge in [0.25, 0.3) is 0 Å². The van der Waals surface area contributed by atoms with Gasteiger partial charge in [0.2, 0.25) is 5.82 Å². The van der Waals surface area contributed by atoms with Crippen LogP contribution in [0.15, 0.2) is 30.5 Å². The van der Waals surface area contributed by atoms with Crippen molar-refractivity contribution in [1.29, 1.82) is 0 Å². The summed E-state index contributed by atoms with van der Waals surface area (Å²) in [6.45, 7) is -0.463. The summed E-state index contributed by atoms with van der Waals surface area (Å²) in [5.41, 5.74) is 0.506. The Bertz CT molecular complexity index is 1040. The molecule has 1 aliphatic heterocycles. The second-order valence-corrected chi connectivity index (χ2v) is 6.09. The number of hydrogen-bond acceptors (Lipinski definition) is 7. The van der Waals surface area contributed by atoms with Gasteiger partial charge >= 0.3 is 6.09 Å². The summed E-state index contributed by atoms with van der Waals surface area (Å²) in [6.07, 6.45) is -0.247. The van der Waals surface area contributed by atoms with Crippen LogP contribution < -0.4 is 4.90 Å². The van der Waals surface area contributed by atoms with Crippen molar-refractivity contribution in [3.8, 4) is 22.6 Å². The van der Waals surface area contributed by atoms with Gasteiger partial charge in [-0.1, -0.05) is 6.07 Å². The number of carbonyl (C=O) groups excluding carboxylic acids is 1. The average molecular weight is 388 g/mol. The van der Waals surface area contributed by atoms with Crippen LogP contribution >= 0.6 is 0 Å². The van der Waals surface area contributed by atoms with E-state index in [0.717, 1.165) is 4.90 Å². The van der Waals surface area contributed by atoms with Crippen molar-refractivity contribution in [3.05, 3.63) is 42.1 Å². The van der Waals surface area contributed by atoms with E-state index < -0.39 is 30.4 Å². The van der Waals surface area contributed by atoms with E-state index in [1.165, 1.54) is 23.1 Å². The van der Waals surface area contributed by atoms with E-state index in [4.69, 9.17) is 9.84 Å². The van der Waals surface area contributed by atoms with Gasteiger partial charge in [-0.3, -0.25) is 9.88 Å². The van der Waals surface area contributed by atoms with E-state index >= 15 is 0 Å². The Morgan fingerprint density at radius 1 is 1.25 bits per heavy atom. The van der Waals surface area contributed by atoms with Crippen LogP contribution in [-0.2, 0) is 11.8 Å². The topological polar surface area (TPSA) is 106 Å². The highest BCUT2D eigenvalue weighted by Crippen LogP contribution is 2.32. The molecule has 1 aromatic carbocycles. The molecule has 1 amide bonds. The highest BCUT2D eigenvalue weighted by Gasteiger charge is 2.34. The Balaban J connectivity index is 1.64. The summed E-state index contributed by atoms with van der Waals surface area (Å²) in [4.78, 5) is 18.2. The molecule has 0 aliphatic carbocycles. The number of nitrogens with zero attached hydrogens (tertiary/aromatic N) is 6. The van der Waals surface area contributed by atoms with Crippen LogP contribution in [0.5, 0.6) is 0 Å². The smallest absolute Gasteiger partial charge is 0.414 e. The lowest BCUT2D eigenvalue weighted by atomic mass is 10.1. The van der Waals surface area contributed by atoms with Gasteiger partial charge in [-0.2, -0.15) is 4.80 Å². The summed E-state index contributed by atoms with van der Waals surface area (Å²) < 4.78 is 34.1. The first kappa shape index (κ1) is 17.9. The van der Waals surface area contributed by atoms with E-state index in [0.29, 0.717) is 17.1 Å². The van der Waals surface area contributed by atoms with Crippen LogP contribution in [0, 0.1) is 11.6 Å². The fourth-order valence-corrected chi connectivity index (χ4v) is 2.86. The predicted octanol–water partition coefficient (Wildman–Crippen LogP) is 1.53. The largest absolute Gasteiger partial charge is 0.441 e. The fourth-order valence-electron chi connectivity index (χ4n) is 2.86. The molecule has 1 aliphatic rings. The lowest BCUT2D eigenvalue weighted by molar-refractivity contribution is 0.0963. The number of carbonyl (C=O) groups is 1. The number of tetrazole rings is 1. The summed E-state index contributed by atoms with van der Waals surface area (Å²) >= 11 is 0. The van der Waals surface area contributed by atoms with Crippen LogP contribution in [0.25, 0.3) is 22.6 Å². The number of cyclic esters (lactones) is 1. The number of aryl methyl sites for hydroxylation is 1. The number of rotatable bonds is 4. The van der Waals surface area contributed by atoms with Gasteiger partial charge in [0.1, 0.15) is 11.8 Å². The zero-order chi connectivity index (χ0) is 19.8. The lowest BCUT2D eigenvalue weighted by Crippen LogP contribution is -2.26. The van der Waals surface area contributed by atoms with E-state index in [9.17, 15) is 13.6 Å². The van der Waals surface area contributed by atoms with E-state index in [1.54, 1.807) is 19.2 Å². The molecule has 0 unspecified atom stereocenters. The Hall–Kier alpha value is -3.47. The number of hydrogen-bond donors (Lipinski definition) is 1. The third-order valence-corrected chi connectivity index (χ3v) is 4.24. The highest BCUT2D eigenvalue weighted by molar-refractivity contribution is 5.90. The van der Waals surface area contributed by atoms with Gasteiger partial charge in [0.05, 0.1) is 25.9 Å². The van der Waals surface area contributed by atoms with E-state index in [2.05, 4.69) is 20.4 Å². The molecule has 144 valence electrons. The summed E-state index contributed by atoms with van der Waals surface area (Å²) in [6, 6.07) is 5.76. The SMILES string of the molecule is Cn1nnc(-c2ccc(-c3ccc(N4C[C@H](CO)OC4=O)c(F)c3F)cn2)n1. The predicted molar refractivity (Wildman–Crippen MR) is 92.1 cm³/mol. The van der Waals surface area contributed by atoms with Gasteiger partial charge in [-0.25, -0.2) is 13.6 Å². The second kappa shape index (κ2) is 6.93. The van der Waals surface area contributed by atoms with Crippen LogP contribution in [-0.4, -0.2) is 55.6 Å². The quantitative estimate of drug-likeness (QED) is 0.722. The normalized spacial score (nSPS) is 16.5. The number of ether oxygens (including phenoxy) is 1. The van der Waals surface area contributed by atoms with Crippen molar-refractivity contribution in [2.75, 3.05) is 18.1 Å². The molecule has 0 bridgehead atoms.